The van der Waals surface area contributed by atoms with Crippen molar-refractivity contribution in [1.29, 1.82) is 0 Å². The molecule has 21 heavy (non-hydrogen) atoms. The number of ether oxygens (including phenoxy) is 1. The van der Waals surface area contributed by atoms with E-state index in [0.29, 0.717) is 19.1 Å². The van der Waals surface area contributed by atoms with Crippen LogP contribution in [0.25, 0.3) is 0 Å². The molecule has 6 heteroatoms. The standard InChI is InChI=1S/C15H25N3O3/c1-11(2)10-12(3)17(4)15(20)13-6-7-14(19)18(16-13)8-9-21-5/h6-7,11-12H,8-10H2,1-5H3/t12-/m0/s1. The smallest absolute Gasteiger partial charge is 0.274 e. The van der Waals surface area contributed by atoms with Gasteiger partial charge in [-0.05, 0) is 25.3 Å². The average molecular weight is 295 g/mol. The molecule has 0 saturated carbocycles. The van der Waals surface area contributed by atoms with Gasteiger partial charge in [0.05, 0.1) is 13.2 Å². The monoisotopic (exact) mass is 295 g/mol. The molecule has 0 fully saturated rings. The Labute approximate surface area is 125 Å². The number of hydrogen-bond acceptors (Lipinski definition) is 4. The van der Waals surface area contributed by atoms with E-state index in [0.717, 1.165) is 6.42 Å². The molecule has 0 N–H and O–H groups in total. The van der Waals surface area contributed by atoms with Crippen LogP contribution < -0.4 is 5.56 Å². The summed E-state index contributed by atoms with van der Waals surface area (Å²) < 4.78 is 6.20. The van der Waals surface area contributed by atoms with Crippen LogP contribution in [0, 0.1) is 5.92 Å². The Kier molecular flexibility index (Phi) is 6.55. The Morgan fingerprint density at radius 3 is 2.62 bits per heavy atom. The summed E-state index contributed by atoms with van der Waals surface area (Å²) >= 11 is 0. The molecular formula is C15H25N3O3. The van der Waals surface area contributed by atoms with E-state index < -0.39 is 0 Å². The van der Waals surface area contributed by atoms with Crippen molar-refractivity contribution in [3.63, 3.8) is 0 Å². The van der Waals surface area contributed by atoms with Gasteiger partial charge in [-0.3, -0.25) is 9.59 Å². The quantitative estimate of drug-likeness (QED) is 0.762. The molecule has 1 atom stereocenters. The highest BCUT2D eigenvalue weighted by Crippen LogP contribution is 2.11. The number of carbonyl (C=O) groups excluding carboxylic acids is 1. The second-order valence-electron chi connectivity index (χ2n) is 5.67. The maximum atomic E-state index is 12.4. The second kappa shape index (κ2) is 7.93. The molecule has 0 bridgehead atoms. The summed E-state index contributed by atoms with van der Waals surface area (Å²) in [5.74, 6) is 0.341. The fourth-order valence-electron chi connectivity index (χ4n) is 2.12. The number of amides is 1. The van der Waals surface area contributed by atoms with Gasteiger partial charge < -0.3 is 9.64 Å². The molecule has 0 radical (unpaired) electrons. The van der Waals surface area contributed by atoms with Crippen LogP contribution in [0.15, 0.2) is 16.9 Å². The lowest BCUT2D eigenvalue weighted by Gasteiger charge is -2.26. The fraction of sp³-hybridized carbons (Fsp3) is 0.667. The van der Waals surface area contributed by atoms with E-state index in [1.807, 2.05) is 6.92 Å². The van der Waals surface area contributed by atoms with Crippen molar-refractivity contribution in [3.8, 4) is 0 Å². The zero-order valence-electron chi connectivity index (χ0n) is 13.5. The van der Waals surface area contributed by atoms with Gasteiger partial charge in [0, 0.05) is 26.3 Å². The number of rotatable bonds is 7. The maximum Gasteiger partial charge on any atom is 0.274 e. The first kappa shape index (κ1) is 17.4. The number of carbonyl (C=O) groups is 1. The molecule has 6 nitrogen and oxygen atoms in total. The molecule has 0 aromatic carbocycles. The topological polar surface area (TPSA) is 64.4 Å². The third-order valence-electron chi connectivity index (χ3n) is 3.39. The van der Waals surface area contributed by atoms with Crippen molar-refractivity contribution in [3.05, 3.63) is 28.2 Å². The minimum absolute atomic E-state index is 0.124. The zero-order valence-corrected chi connectivity index (χ0v) is 13.5. The highest BCUT2D eigenvalue weighted by Gasteiger charge is 2.20. The van der Waals surface area contributed by atoms with Crippen LogP contribution in [0.1, 0.15) is 37.7 Å². The summed E-state index contributed by atoms with van der Waals surface area (Å²) in [5.41, 5.74) is 0.0466. The third kappa shape index (κ3) is 4.97. The normalized spacial score (nSPS) is 12.5. The summed E-state index contributed by atoms with van der Waals surface area (Å²) in [6.45, 7) is 6.97. The molecule has 1 rings (SSSR count). The number of methoxy groups -OCH3 is 1. The summed E-state index contributed by atoms with van der Waals surface area (Å²) in [6, 6.07) is 2.97. The molecule has 0 spiro atoms. The lowest BCUT2D eigenvalue weighted by molar-refractivity contribution is 0.0718. The van der Waals surface area contributed by atoms with Gasteiger partial charge in [-0.1, -0.05) is 13.8 Å². The van der Waals surface area contributed by atoms with E-state index in [1.54, 1.807) is 19.1 Å². The predicted molar refractivity (Wildman–Crippen MR) is 81.4 cm³/mol. The van der Waals surface area contributed by atoms with E-state index >= 15 is 0 Å². The van der Waals surface area contributed by atoms with E-state index in [9.17, 15) is 9.59 Å². The predicted octanol–water partition coefficient (Wildman–Crippen LogP) is 1.40. The van der Waals surface area contributed by atoms with E-state index in [1.165, 1.54) is 16.8 Å². The van der Waals surface area contributed by atoms with Crippen LogP contribution in [0.2, 0.25) is 0 Å². The summed E-state index contributed by atoms with van der Waals surface area (Å²) in [7, 11) is 3.32. The first-order valence-corrected chi connectivity index (χ1v) is 7.21. The Bertz CT molecular complexity index is 525. The van der Waals surface area contributed by atoms with Crippen LogP contribution in [0.4, 0.5) is 0 Å². The third-order valence-corrected chi connectivity index (χ3v) is 3.39. The van der Waals surface area contributed by atoms with Crippen LogP contribution in [-0.4, -0.2) is 47.4 Å². The van der Waals surface area contributed by atoms with Gasteiger partial charge in [0.2, 0.25) is 0 Å². The average Bonchev–Trinajstić information content (AvgIpc) is 2.44. The Balaban J connectivity index is 2.89. The summed E-state index contributed by atoms with van der Waals surface area (Å²) in [5, 5.41) is 4.13. The minimum Gasteiger partial charge on any atom is -0.383 e. The molecule has 1 heterocycles. The van der Waals surface area contributed by atoms with Gasteiger partial charge in [0.1, 0.15) is 5.69 Å². The van der Waals surface area contributed by atoms with Crippen molar-refractivity contribution in [2.24, 2.45) is 5.92 Å². The van der Waals surface area contributed by atoms with Gasteiger partial charge in [0.15, 0.2) is 0 Å². The molecule has 0 aliphatic rings. The van der Waals surface area contributed by atoms with Gasteiger partial charge in [-0.2, -0.15) is 5.10 Å². The van der Waals surface area contributed by atoms with Gasteiger partial charge in [-0.15, -0.1) is 0 Å². The molecular weight excluding hydrogens is 270 g/mol. The molecule has 0 unspecified atom stereocenters. The minimum atomic E-state index is -0.235. The van der Waals surface area contributed by atoms with Crippen LogP contribution >= 0.6 is 0 Å². The van der Waals surface area contributed by atoms with E-state index in [2.05, 4.69) is 18.9 Å². The van der Waals surface area contributed by atoms with Crippen molar-refractivity contribution < 1.29 is 9.53 Å². The number of nitrogens with zero attached hydrogens (tertiary/aromatic N) is 3. The largest absolute Gasteiger partial charge is 0.383 e. The molecule has 0 aliphatic carbocycles. The molecule has 0 saturated heterocycles. The fourth-order valence-corrected chi connectivity index (χ4v) is 2.12. The zero-order chi connectivity index (χ0) is 16.0. The van der Waals surface area contributed by atoms with Gasteiger partial charge in [0.25, 0.3) is 11.5 Å². The number of aromatic nitrogens is 2. The molecule has 1 aromatic heterocycles. The number of hydrogen-bond donors (Lipinski definition) is 0. The van der Waals surface area contributed by atoms with E-state index in [4.69, 9.17) is 4.74 Å². The molecule has 118 valence electrons. The maximum absolute atomic E-state index is 12.4. The summed E-state index contributed by atoms with van der Waals surface area (Å²) in [6.07, 6.45) is 0.922. The van der Waals surface area contributed by atoms with Crippen molar-refractivity contribution >= 4 is 5.91 Å². The van der Waals surface area contributed by atoms with Gasteiger partial charge >= 0.3 is 0 Å². The van der Waals surface area contributed by atoms with Crippen molar-refractivity contribution in [1.82, 2.24) is 14.7 Å². The highest BCUT2D eigenvalue weighted by atomic mass is 16.5. The lowest BCUT2D eigenvalue weighted by atomic mass is 10.0. The van der Waals surface area contributed by atoms with Crippen LogP contribution in [0.5, 0.6) is 0 Å². The Morgan fingerprint density at radius 1 is 1.38 bits per heavy atom. The van der Waals surface area contributed by atoms with E-state index in [-0.39, 0.29) is 23.2 Å². The second-order valence-corrected chi connectivity index (χ2v) is 5.67. The lowest BCUT2D eigenvalue weighted by Crippen LogP contribution is -2.37. The molecule has 1 amide bonds. The first-order chi connectivity index (χ1) is 9.86. The van der Waals surface area contributed by atoms with Crippen LogP contribution in [0.3, 0.4) is 0 Å². The molecule has 1 aromatic rings. The highest BCUT2D eigenvalue weighted by molar-refractivity contribution is 5.92. The Morgan fingerprint density at radius 2 is 2.05 bits per heavy atom. The van der Waals surface area contributed by atoms with Crippen LogP contribution in [-0.2, 0) is 11.3 Å². The SMILES string of the molecule is COCCn1nc(C(=O)N(C)[C@@H](C)CC(C)C)ccc1=O. The summed E-state index contributed by atoms with van der Waals surface area (Å²) in [4.78, 5) is 25.8. The van der Waals surface area contributed by atoms with Gasteiger partial charge in [-0.25, -0.2) is 4.68 Å². The Hall–Kier alpha value is -1.69. The van der Waals surface area contributed by atoms with Crippen molar-refractivity contribution in [2.45, 2.75) is 39.8 Å². The first-order valence-electron chi connectivity index (χ1n) is 7.21. The molecule has 0 aliphatic heterocycles. The van der Waals surface area contributed by atoms with Crippen molar-refractivity contribution in [2.75, 3.05) is 20.8 Å².